The Morgan fingerprint density at radius 3 is 2.33 bits per heavy atom. The van der Waals surface area contributed by atoms with Crippen LogP contribution in [0.1, 0.15) is 17.7 Å². The highest BCUT2D eigenvalue weighted by atomic mass is 79.9. The Bertz CT molecular complexity index is 511. The lowest BCUT2D eigenvalue weighted by Crippen LogP contribution is -2.30. The molecule has 1 aliphatic heterocycles. The number of rotatable bonds is 2. The number of imide groups is 1. The zero-order chi connectivity index (χ0) is 12.7. The third-order valence-corrected chi connectivity index (χ3v) is 5.50. The smallest absolute Gasteiger partial charge is 0.233 e. The molecule has 2 unspecified atom stereocenters. The number of hydrogen-bond donors (Lipinski definition) is 0. The third-order valence-electron chi connectivity index (χ3n) is 3.59. The van der Waals surface area contributed by atoms with Gasteiger partial charge in [-0.15, -0.1) is 11.3 Å². The van der Waals surface area contributed by atoms with Crippen LogP contribution >= 0.6 is 27.3 Å². The van der Waals surface area contributed by atoms with E-state index in [9.17, 15) is 9.59 Å². The Hall–Kier alpha value is -0.940. The number of thiophene rings is 1. The van der Waals surface area contributed by atoms with Gasteiger partial charge in [0.15, 0.2) is 0 Å². The molecule has 18 heavy (non-hydrogen) atoms. The Balaban J connectivity index is 1.84. The molecule has 0 N–H and O–H groups in total. The minimum atomic E-state index is -0.124. The van der Waals surface area contributed by atoms with E-state index in [1.807, 2.05) is 23.6 Å². The maximum atomic E-state index is 12.2. The summed E-state index contributed by atoms with van der Waals surface area (Å²) in [6.07, 6.45) is 5.43. The number of fused-ring (bicyclic) bond motifs is 1. The number of likely N-dealkylation sites (tertiary alicyclic amines) is 1. The fourth-order valence-electron chi connectivity index (χ4n) is 2.61. The van der Waals surface area contributed by atoms with Crippen molar-refractivity contribution in [3.63, 3.8) is 0 Å². The van der Waals surface area contributed by atoms with Gasteiger partial charge in [-0.25, -0.2) is 0 Å². The van der Waals surface area contributed by atoms with Gasteiger partial charge in [0.1, 0.15) is 0 Å². The van der Waals surface area contributed by atoms with Crippen molar-refractivity contribution in [2.75, 3.05) is 0 Å². The van der Waals surface area contributed by atoms with Crippen LogP contribution in [-0.2, 0) is 16.1 Å². The molecule has 2 atom stereocenters. The van der Waals surface area contributed by atoms with Gasteiger partial charge in [-0.3, -0.25) is 14.5 Å². The van der Waals surface area contributed by atoms with Crippen molar-refractivity contribution in [2.45, 2.75) is 19.4 Å². The van der Waals surface area contributed by atoms with Crippen LogP contribution in [0.3, 0.4) is 0 Å². The lowest BCUT2D eigenvalue weighted by molar-refractivity contribution is -0.140. The molecule has 0 bridgehead atoms. The summed E-state index contributed by atoms with van der Waals surface area (Å²) in [5.41, 5.74) is 0. The van der Waals surface area contributed by atoms with E-state index in [1.165, 1.54) is 4.90 Å². The number of halogens is 1. The second-order valence-corrected chi connectivity index (χ2v) is 6.47. The van der Waals surface area contributed by atoms with Crippen LogP contribution in [0.5, 0.6) is 0 Å². The minimum Gasteiger partial charge on any atom is -0.277 e. The Labute approximate surface area is 118 Å². The molecule has 2 aliphatic rings. The van der Waals surface area contributed by atoms with Gasteiger partial charge in [0, 0.05) is 9.35 Å². The predicted octanol–water partition coefficient (Wildman–Crippen LogP) is 2.96. The molecule has 2 amide bonds. The van der Waals surface area contributed by atoms with E-state index in [0.29, 0.717) is 19.4 Å². The van der Waals surface area contributed by atoms with Gasteiger partial charge in [-0.2, -0.15) is 0 Å². The van der Waals surface area contributed by atoms with E-state index in [0.717, 1.165) is 9.35 Å². The number of hydrogen-bond acceptors (Lipinski definition) is 3. The van der Waals surface area contributed by atoms with Crippen molar-refractivity contribution in [3.8, 4) is 0 Å². The summed E-state index contributed by atoms with van der Waals surface area (Å²) in [6, 6.07) is 1.94. The fraction of sp³-hybridized carbons (Fsp3) is 0.385. The number of nitrogens with zero attached hydrogens (tertiary/aromatic N) is 1. The Morgan fingerprint density at radius 1 is 1.22 bits per heavy atom. The Morgan fingerprint density at radius 2 is 1.83 bits per heavy atom. The largest absolute Gasteiger partial charge is 0.277 e. The molecule has 1 fully saturated rings. The van der Waals surface area contributed by atoms with Crippen molar-refractivity contribution in [1.29, 1.82) is 0 Å². The molecule has 3 rings (SSSR count). The van der Waals surface area contributed by atoms with Gasteiger partial charge in [0.2, 0.25) is 11.8 Å². The first-order valence-corrected chi connectivity index (χ1v) is 7.58. The zero-order valence-corrected chi connectivity index (χ0v) is 12.0. The minimum absolute atomic E-state index is 0.00495. The van der Waals surface area contributed by atoms with E-state index in [1.54, 1.807) is 11.3 Å². The topological polar surface area (TPSA) is 37.4 Å². The molecule has 0 spiro atoms. The fourth-order valence-corrected chi connectivity index (χ4v) is 4.07. The molecular formula is C13H12BrNO2S. The van der Waals surface area contributed by atoms with Crippen LogP contribution in [0.2, 0.25) is 0 Å². The van der Waals surface area contributed by atoms with Gasteiger partial charge >= 0.3 is 0 Å². The van der Waals surface area contributed by atoms with Gasteiger partial charge in [0.05, 0.1) is 18.4 Å². The summed E-state index contributed by atoms with van der Waals surface area (Å²) in [6.45, 7) is 0.406. The number of allylic oxidation sites excluding steroid dienone is 2. The molecule has 5 heteroatoms. The third kappa shape index (κ3) is 1.86. The molecular weight excluding hydrogens is 314 g/mol. The van der Waals surface area contributed by atoms with Gasteiger partial charge in [-0.1, -0.05) is 12.2 Å². The monoisotopic (exact) mass is 325 g/mol. The van der Waals surface area contributed by atoms with Crippen molar-refractivity contribution >= 4 is 39.1 Å². The highest BCUT2D eigenvalue weighted by Gasteiger charge is 2.47. The van der Waals surface area contributed by atoms with Crippen molar-refractivity contribution < 1.29 is 9.59 Å². The molecule has 1 aliphatic carbocycles. The van der Waals surface area contributed by atoms with Gasteiger partial charge in [0.25, 0.3) is 0 Å². The van der Waals surface area contributed by atoms with Crippen LogP contribution in [0.25, 0.3) is 0 Å². The zero-order valence-electron chi connectivity index (χ0n) is 9.64. The summed E-state index contributed by atoms with van der Waals surface area (Å²) < 4.78 is 0.973. The number of carbonyl (C=O) groups excluding carboxylic acids is 2. The highest BCUT2D eigenvalue weighted by molar-refractivity contribution is 9.10. The molecule has 2 heterocycles. The Kier molecular flexibility index (Phi) is 3.11. The molecule has 1 saturated heterocycles. The number of amides is 2. The normalized spacial score (nSPS) is 26.8. The molecule has 3 nitrogen and oxygen atoms in total. The molecule has 0 radical (unpaired) electrons. The van der Waals surface area contributed by atoms with Crippen LogP contribution < -0.4 is 0 Å². The summed E-state index contributed by atoms with van der Waals surface area (Å²) >= 11 is 5.00. The van der Waals surface area contributed by atoms with Crippen LogP contribution in [0, 0.1) is 11.8 Å². The van der Waals surface area contributed by atoms with Crippen molar-refractivity contribution in [1.82, 2.24) is 4.90 Å². The average Bonchev–Trinajstić information content (AvgIpc) is 2.89. The second-order valence-electron chi connectivity index (χ2n) is 4.61. The lowest BCUT2D eigenvalue weighted by atomic mass is 9.85. The molecule has 94 valence electrons. The molecule has 1 aromatic rings. The lowest BCUT2D eigenvalue weighted by Gasteiger charge is -2.14. The first-order valence-electron chi connectivity index (χ1n) is 5.90. The molecule has 0 aromatic carbocycles. The van der Waals surface area contributed by atoms with Gasteiger partial charge in [-0.05, 0) is 40.2 Å². The SMILES string of the molecule is O=C1C2CC=CCC2C(=O)N1Cc1sccc1Br. The van der Waals surface area contributed by atoms with Crippen molar-refractivity contribution in [3.05, 3.63) is 32.9 Å². The summed E-state index contributed by atoms with van der Waals surface area (Å²) in [7, 11) is 0. The van der Waals surface area contributed by atoms with Crippen LogP contribution in [0.15, 0.2) is 28.1 Å². The standard InChI is InChI=1S/C13H12BrNO2S/c14-10-5-6-18-11(10)7-15-12(16)8-3-1-2-4-9(8)13(15)17/h1-2,5-6,8-9H,3-4,7H2. The summed E-state index contributed by atoms with van der Waals surface area (Å²) in [5.74, 6) is -0.258. The van der Waals surface area contributed by atoms with Crippen molar-refractivity contribution in [2.24, 2.45) is 11.8 Å². The van der Waals surface area contributed by atoms with Gasteiger partial charge < -0.3 is 0 Å². The maximum Gasteiger partial charge on any atom is 0.233 e. The summed E-state index contributed by atoms with van der Waals surface area (Å²) in [4.78, 5) is 27.0. The second kappa shape index (κ2) is 4.63. The van der Waals surface area contributed by atoms with E-state index in [-0.39, 0.29) is 23.7 Å². The van der Waals surface area contributed by atoms with E-state index in [4.69, 9.17) is 0 Å². The first-order chi connectivity index (χ1) is 8.68. The predicted molar refractivity (Wildman–Crippen MR) is 72.9 cm³/mol. The average molecular weight is 326 g/mol. The first kappa shape index (κ1) is 12.1. The van der Waals surface area contributed by atoms with Crippen LogP contribution in [0.4, 0.5) is 0 Å². The van der Waals surface area contributed by atoms with E-state index in [2.05, 4.69) is 15.9 Å². The quantitative estimate of drug-likeness (QED) is 0.619. The molecule has 0 saturated carbocycles. The van der Waals surface area contributed by atoms with E-state index >= 15 is 0 Å². The maximum absolute atomic E-state index is 12.2. The number of carbonyl (C=O) groups is 2. The van der Waals surface area contributed by atoms with Crippen LogP contribution in [-0.4, -0.2) is 16.7 Å². The highest BCUT2D eigenvalue weighted by Crippen LogP contribution is 2.37. The summed E-state index contributed by atoms with van der Waals surface area (Å²) in [5, 5.41) is 1.96. The van der Waals surface area contributed by atoms with E-state index < -0.39 is 0 Å². The molecule has 1 aromatic heterocycles.